The molecule has 1 saturated heterocycles. The number of para-hydroxylation sites is 1. The number of nitrogens with one attached hydrogen (secondary N) is 2. The largest absolute Gasteiger partial charge is 0.497 e. The zero-order chi connectivity index (χ0) is 42.1. The number of likely N-dealkylation sites (tertiary alicyclic amines) is 1. The van der Waals surface area contributed by atoms with Crippen LogP contribution in [-0.2, 0) is 29.2 Å². The monoisotopic (exact) mass is 839 g/mol. The number of carbonyl (C=O) groups is 4. The van der Waals surface area contributed by atoms with Gasteiger partial charge in [0, 0.05) is 29.4 Å². The van der Waals surface area contributed by atoms with Crippen LogP contribution in [0, 0.1) is 11.8 Å². The van der Waals surface area contributed by atoms with E-state index in [9.17, 15) is 40.8 Å². The summed E-state index contributed by atoms with van der Waals surface area (Å²) in [6.07, 6.45) is 0.936. The van der Waals surface area contributed by atoms with Crippen molar-refractivity contribution in [2.24, 2.45) is 17.6 Å². The van der Waals surface area contributed by atoms with Crippen molar-refractivity contribution in [3.63, 3.8) is 0 Å². The third-order valence-corrected chi connectivity index (χ3v) is 12.7. The summed E-state index contributed by atoms with van der Waals surface area (Å²) in [6.45, 7) is -0.221. The Kier molecular flexibility index (Phi) is 11.9. The SMILES string of the molecule is COc1cccc(-c2cc(O[C@@H]3C[C@@H](C(N)=O)N(C(=O)[C@H](CCCCC/C=C\[C@@H]4C[C@@H]4C(=O)NS(=O)(=O)C4CC4)NC(=O)C(F)(F)F)C3)c3oc4ccccc4c3n2)c1. The maximum Gasteiger partial charge on any atom is 0.471 e. The minimum Gasteiger partial charge on any atom is -0.497 e. The first-order valence-corrected chi connectivity index (χ1v) is 21.0. The van der Waals surface area contributed by atoms with Gasteiger partial charge in [0.25, 0.3) is 0 Å². The van der Waals surface area contributed by atoms with E-state index in [4.69, 9.17) is 24.6 Å². The molecule has 2 aromatic carbocycles. The van der Waals surface area contributed by atoms with Crippen LogP contribution in [0.3, 0.4) is 0 Å². The summed E-state index contributed by atoms with van der Waals surface area (Å²) in [5.74, 6) is -4.22. The highest BCUT2D eigenvalue weighted by atomic mass is 32.2. The van der Waals surface area contributed by atoms with Gasteiger partial charge < -0.3 is 29.8 Å². The third-order valence-electron chi connectivity index (χ3n) is 10.8. The lowest BCUT2D eigenvalue weighted by Crippen LogP contribution is -2.54. The van der Waals surface area contributed by atoms with Crippen molar-refractivity contribution in [1.82, 2.24) is 19.9 Å². The molecule has 4 amide bonds. The summed E-state index contributed by atoms with van der Waals surface area (Å²) in [5, 5.41) is 2.05. The van der Waals surface area contributed by atoms with Crippen molar-refractivity contribution in [2.45, 2.75) is 87.4 Å². The van der Waals surface area contributed by atoms with Crippen LogP contribution in [0.15, 0.2) is 71.2 Å². The predicted molar refractivity (Wildman–Crippen MR) is 209 cm³/mol. The Balaban J connectivity index is 1.01. The summed E-state index contributed by atoms with van der Waals surface area (Å²) in [5.41, 5.74) is 8.30. The lowest BCUT2D eigenvalue weighted by molar-refractivity contribution is -0.175. The number of aromatic nitrogens is 1. The number of amides is 4. The molecule has 0 spiro atoms. The normalized spacial score (nSPS) is 21.1. The van der Waals surface area contributed by atoms with Gasteiger partial charge in [-0.05, 0) is 68.7 Å². The number of benzene rings is 2. The molecule has 18 heteroatoms. The highest BCUT2D eigenvalue weighted by Crippen LogP contribution is 2.41. The molecule has 3 fully saturated rings. The molecule has 0 bridgehead atoms. The number of fused-ring (bicyclic) bond motifs is 3. The predicted octanol–water partition coefficient (Wildman–Crippen LogP) is 5.29. The number of sulfonamides is 1. The molecule has 0 unspecified atom stereocenters. The van der Waals surface area contributed by atoms with Crippen molar-refractivity contribution in [2.75, 3.05) is 13.7 Å². The van der Waals surface area contributed by atoms with E-state index in [1.807, 2.05) is 35.7 Å². The van der Waals surface area contributed by atoms with Crippen LogP contribution in [0.25, 0.3) is 33.3 Å². The number of unbranched alkanes of at least 4 members (excludes halogenated alkanes) is 3. The number of nitrogens with zero attached hydrogens (tertiary/aromatic N) is 2. The Labute approximate surface area is 337 Å². The van der Waals surface area contributed by atoms with Gasteiger partial charge in [-0.1, -0.05) is 49.3 Å². The molecule has 1 aliphatic heterocycles. The van der Waals surface area contributed by atoms with Crippen molar-refractivity contribution in [1.29, 1.82) is 0 Å². The number of allylic oxidation sites excluding steroid dienone is 2. The number of hydrogen-bond acceptors (Lipinski definition) is 10. The number of primary amides is 1. The molecule has 2 aliphatic carbocycles. The minimum atomic E-state index is -5.26. The van der Waals surface area contributed by atoms with Gasteiger partial charge in [-0.15, -0.1) is 0 Å². The van der Waals surface area contributed by atoms with Gasteiger partial charge >= 0.3 is 12.1 Å². The van der Waals surface area contributed by atoms with E-state index in [0.717, 1.165) is 4.90 Å². The maximum atomic E-state index is 14.0. The van der Waals surface area contributed by atoms with Crippen LogP contribution in [0.1, 0.15) is 57.8 Å². The van der Waals surface area contributed by atoms with Crippen LogP contribution >= 0.6 is 0 Å². The minimum absolute atomic E-state index is 0.0752. The number of alkyl halides is 3. The highest BCUT2D eigenvalue weighted by molar-refractivity contribution is 7.90. The van der Waals surface area contributed by atoms with Gasteiger partial charge in [-0.3, -0.25) is 23.9 Å². The fraction of sp³-hybridized carbons (Fsp3) is 0.439. The molecule has 4 aromatic rings. The molecule has 59 heavy (non-hydrogen) atoms. The van der Waals surface area contributed by atoms with Gasteiger partial charge in [0.2, 0.25) is 27.7 Å². The molecule has 2 saturated carbocycles. The molecule has 3 aliphatic rings. The van der Waals surface area contributed by atoms with Crippen LogP contribution in [-0.4, -0.2) is 85.2 Å². The van der Waals surface area contributed by atoms with Crippen LogP contribution < -0.4 is 25.2 Å². The van der Waals surface area contributed by atoms with Crippen LogP contribution in [0.4, 0.5) is 13.2 Å². The Morgan fingerprint density at radius 3 is 2.56 bits per heavy atom. The highest BCUT2D eigenvalue weighted by Gasteiger charge is 2.46. The number of carbonyl (C=O) groups excluding carboxylic acids is 4. The molecule has 14 nitrogen and oxygen atoms in total. The summed E-state index contributed by atoms with van der Waals surface area (Å²) >= 11 is 0. The smallest absolute Gasteiger partial charge is 0.471 e. The first-order valence-electron chi connectivity index (χ1n) is 19.5. The number of pyridine rings is 1. The second-order valence-electron chi connectivity index (χ2n) is 15.2. The first-order chi connectivity index (χ1) is 28.1. The lowest BCUT2D eigenvalue weighted by atomic mass is 10.0. The molecule has 3 heterocycles. The Bertz CT molecular complexity index is 2400. The Morgan fingerprint density at radius 1 is 1.05 bits per heavy atom. The number of rotatable bonds is 17. The van der Waals surface area contributed by atoms with E-state index < -0.39 is 69.2 Å². The number of hydrogen-bond donors (Lipinski definition) is 3. The molecular formula is C41H44F3N5O9S. The maximum absolute atomic E-state index is 14.0. The average Bonchev–Trinajstić information content (AvgIpc) is 4.13. The van der Waals surface area contributed by atoms with Gasteiger partial charge in [-0.2, -0.15) is 13.2 Å². The number of methoxy groups -OCH3 is 1. The van der Waals surface area contributed by atoms with Crippen LogP contribution in [0.5, 0.6) is 11.5 Å². The van der Waals surface area contributed by atoms with Gasteiger partial charge in [-0.25, -0.2) is 13.4 Å². The number of halogens is 3. The third kappa shape index (κ3) is 9.64. The second kappa shape index (κ2) is 16.9. The van der Waals surface area contributed by atoms with E-state index in [-0.39, 0.29) is 37.5 Å². The van der Waals surface area contributed by atoms with E-state index in [2.05, 4.69) is 4.72 Å². The number of ether oxygens (including phenoxy) is 2. The van der Waals surface area contributed by atoms with Crippen molar-refractivity contribution in [3.05, 3.63) is 66.7 Å². The van der Waals surface area contributed by atoms with E-state index in [1.165, 1.54) is 0 Å². The first kappa shape index (κ1) is 41.5. The summed E-state index contributed by atoms with van der Waals surface area (Å²) in [6, 6.07) is 13.3. The van der Waals surface area contributed by atoms with Crippen molar-refractivity contribution < 1.29 is 54.7 Å². The quantitative estimate of drug-likeness (QED) is 0.0928. The van der Waals surface area contributed by atoms with E-state index in [0.29, 0.717) is 77.6 Å². The fourth-order valence-corrected chi connectivity index (χ4v) is 8.76. The topological polar surface area (TPSA) is 200 Å². The zero-order valence-corrected chi connectivity index (χ0v) is 32.9. The summed E-state index contributed by atoms with van der Waals surface area (Å²) in [4.78, 5) is 57.0. The average molecular weight is 840 g/mol. The molecule has 314 valence electrons. The molecular weight excluding hydrogens is 796 g/mol. The second-order valence-corrected chi connectivity index (χ2v) is 17.2. The Hall–Kier alpha value is -5.65. The van der Waals surface area contributed by atoms with Crippen molar-refractivity contribution >= 4 is 55.7 Å². The summed E-state index contributed by atoms with van der Waals surface area (Å²) < 4.78 is 84.6. The standard InChI is InChI=1S/C41H44F3N5O9S/c1-56-25-12-9-11-24(18-25)31-21-34(36-35(46-31)28-13-7-8-15-33(28)58-36)57-26-20-32(37(45)50)49(22-26)39(52)30(47-40(53)41(42,43)44)14-6-4-2-3-5-10-23-19-29(23)38(51)48-59(54,55)27-16-17-27/h5,7-13,15,18,21,23,26-27,29-30,32H,2-4,6,14,16-17,19-20,22H2,1H3,(H2,45,50)(H,47,53)(H,48,51)/b10-5-/t23-,26-,29+,30+,32+/m1/s1. The molecule has 7 rings (SSSR count). The molecule has 4 N–H and O–H groups in total. The molecule has 0 radical (unpaired) electrons. The molecule has 2 aromatic heterocycles. The van der Waals surface area contributed by atoms with E-state index >= 15 is 0 Å². The number of nitrogens with two attached hydrogens (primary N) is 1. The van der Waals surface area contributed by atoms with Crippen LogP contribution in [0.2, 0.25) is 0 Å². The summed E-state index contributed by atoms with van der Waals surface area (Å²) in [7, 11) is -2.07. The zero-order valence-electron chi connectivity index (χ0n) is 32.1. The van der Waals surface area contributed by atoms with Gasteiger partial charge in [0.05, 0.1) is 24.6 Å². The number of furan rings is 1. The van der Waals surface area contributed by atoms with Crippen molar-refractivity contribution in [3.8, 4) is 22.8 Å². The Morgan fingerprint density at radius 2 is 1.83 bits per heavy atom. The lowest BCUT2D eigenvalue weighted by Gasteiger charge is -2.28. The fourth-order valence-electron chi connectivity index (χ4n) is 7.41. The molecule has 5 atom stereocenters. The van der Waals surface area contributed by atoms with Gasteiger partial charge in [0.1, 0.15) is 35.0 Å². The van der Waals surface area contributed by atoms with Gasteiger partial charge in [0.15, 0.2) is 11.3 Å². The van der Waals surface area contributed by atoms with E-state index in [1.54, 1.807) is 43.5 Å².